The summed E-state index contributed by atoms with van der Waals surface area (Å²) in [5, 5.41) is 0. The van der Waals surface area contributed by atoms with Crippen LogP contribution >= 0.6 is 28.2 Å². The van der Waals surface area contributed by atoms with E-state index in [1.54, 1.807) is 0 Å². The van der Waals surface area contributed by atoms with Crippen molar-refractivity contribution in [2.45, 2.75) is 0 Å². The zero-order valence-corrected chi connectivity index (χ0v) is 6.84. The average Bonchev–Trinajstić information content (AvgIpc) is 0.918. The van der Waals surface area contributed by atoms with Gasteiger partial charge in [0.25, 0.3) is 0 Å². The Morgan fingerprint density at radius 3 is 1.25 bits per heavy atom. The molecule has 0 aliphatic carbocycles. The summed E-state index contributed by atoms with van der Waals surface area (Å²) >= 11 is 7.00. The molecule has 0 unspecified atom stereocenters. The van der Waals surface area contributed by atoms with E-state index < -0.39 is 0 Å². The summed E-state index contributed by atoms with van der Waals surface area (Å²) < 4.78 is 0. The van der Waals surface area contributed by atoms with Crippen LogP contribution < -0.4 is 0 Å². The van der Waals surface area contributed by atoms with Gasteiger partial charge in [-0.1, -0.05) is 0 Å². The molecule has 0 saturated heterocycles. The Bertz CT molecular complexity index is 4.00. The standard InChI is InChI=1S/2BrH.2Fe/h2*1H;;/q;;;+2/p-2. The normalized spacial score (nSPS) is 5.50. The van der Waals surface area contributed by atoms with E-state index in [9.17, 15) is 0 Å². The number of halogens is 2. The monoisotopic (exact) mass is 270 g/mol. The summed E-state index contributed by atoms with van der Waals surface area (Å²) in [7, 11) is 0. The molecule has 0 aliphatic heterocycles. The maximum atomic E-state index is 3.06. The van der Waals surface area contributed by atoms with Gasteiger partial charge in [0.05, 0.1) is 0 Å². The van der Waals surface area contributed by atoms with Gasteiger partial charge < -0.3 is 0 Å². The van der Waals surface area contributed by atoms with E-state index in [2.05, 4.69) is 28.2 Å². The summed E-state index contributed by atoms with van der Waals surface area (Å²) in [6.45, 7) is 0. The van der Waals surface area contributed by atoms with Crippen LogP contribution in [0.5, 0.6) is 0 Å². The van der Waals surface area contributed by atoms with Crippen LogP contribution in [0.4, 0.5) is 0 Å². The van der Waals surface area contributed by atoms with E-state index in [1.807, 2.05) is 0 Å². The van der Waals surface area contributed by atoms with E-state index in [1.165, 1.54) is 0 Å². The van der Waals surface area contributed by atoms with Crippen LogP contribution in [0.2, 0.25) is 0 Å². The Morgan fingerprint density at radius 2 is 1.25 bits per heavy atom. The molecule has 0 fully saturated rings. The van der Waals surface area contributed by atoms with Gasteiger partial charge in [-0.25, -0.2) is 0 Å². The number of rotatable bonds is 0. The van der Waals surface area contributed by atoms with Crippen LogP contribution in [-0.4, -0.2) is 0 Å². The Morgan fingerprint density at radius 1 is 1.25 bits per heavy atom. The molecule has 0 heterocycles. The van der Waals surface area contributed by atoms with Crippen LogP contribution in [0, 0.1) is 0 Å². The molecule has 0 bridgehead atoms. The van der Waals surface area contributed by atoms with Crippen molar-refractivity contribution < 1.29 is 28.4 Å². The molecule has 0 nitrogen and oxygen atoms in total. The fraction of sp³-hybridized carbons (Fsp3) is 0. The largest absolute Gasteiger partial charge is 0 e. The molecule has 4 heteroatoms. The van der Waals surface area contributed by atoms with Crippen LogP contribution in [0.25, 0.3) is 0 Å². The predicted octanol–water partition coefficient (Wildman–Crippen LogP) is 1.69. The first-order valence-electron chi connectivity index (χ1n) is 0.267. The quantitative estimate of drug-likeness (QED) is 0.588. The van der Waals surface area contributed by atoms with Crippen molar-refractivity contribution in [3.8, 4) is 0 Å². The smallest absolute Gasteiger partial charge is 0 e. The van der Waals surface area contributed by atoms with Gasteiger partial charge in [-0.3, -0.25) is 0 Å². The summed E-state index contributed by atoms with van der Waals surface area (Å²) in [5.41, 5.74) is 0. The molecule has 0 saturated carbocycles. The van der Waals surface area contributed by atoms with Crippen LogP contribution in [-0.2, 0) is 28.4 Å². The molecule has 0 aromatic rings. The SMILES string of the molecule is [Br][Fe][Br].[Fe]. The Balaban J connectivity index is 0. The van der Waals surface area contributed by atoms with E-state index in [-0.39, 0.29) is 17.1 Å². The van der Waals surface area contributed by atoms with E-state index in [0.717, 1.165) is 11.3 Å². The van der Waals surface area contributed by atoms with Gasteiger partial charge in [-0.05, 0) is 0 Å². The van der Waals surface area contributed by atoms with Gasteiger partial charge in [0, 0.05) is 17.1 Å². The summed E-state index contributed by atoms with van der Waals surface area (Å²) in [4.78, 5) is 0. The first-order chi connectivity index (χ1) is 1.41. The number of hydrogen-bond donors (Lipinski definition) is 0. The molecule has 0 rings (SSSR count). The maximum Gasteiger partial charge on any atom is 0 e. The topological polar surface area (TPSA) is 0 Å². The zero-order valence-electron chi connectivity index (χ0n) is 1.46. The van der Waals surface area contributed by atoms with Gasteiger partial charge in [0.15, 0.2) is 0 Å². The van der Waals surface area contributed by atoms with Crippen molar-refractivity contribution in [3.05, 3.63) is 0 Å². The molecule has 0 aromatic carbocycles. The van der Waals surface area contributed by atoms with Gasteiger partial charge >= 0.3 is 39.6 Å². The molecule has 0 aromatic heterocycles. The summed E-state index contributed by atoms with van der Waals surface area (Å²) in [5.74, 6) is 0. The van der Waals surface area contributed by atoms with Crippen molar-refractivity contribution >= 4 is 28.2 Å². The second kappa shape index (κ2) is 8.89. The first kappa shape index (κ1) is 9.37. The minimum Gasteiger partial charge on any atom is 0 e. The van der Waals surface area contributed by atoms with Crippen LogP contribution in [0.15, 0.2) is 0 Å². The fourth-order valence-corrected chi connectivity index (χ4v) is 0. The molecule has 0 spiro atoms. The molecule has 0 amide bonds. The van der Waals surface area contributed by atoms with Crippen LogP contribution in [0.3, 0.4) is 0 Å². The molecular weight excluding hydrogens is 271 g/mol. The third-order valence-corrected chi connectivity index (χ3v) is 0. The van der Waals surface area contributed by atoms with Crippen molar-refractivity contribution in [2.75, 3.05) is 0 Å². The Kier molecular flexibility index (Phi) is 20.8. The van der Waals surface area contributed by atoms with Gasteiger partial charge in [0.2, 0.25) is 0 Å². The molecule has 0 atom stereocenters. The van der Waals surface area contributed by atoms with Crippen molar-refractivity contribution in [3.63, 3.8) is 0 Å². The minimum atomic E-state index is 0. The molecule has 0 N–H and O–H groups in total. The average molecular weight is 271 g/mol. The zero-order chi connectivity index (χ0) is 2.71. The summed E-state index contributed by atoms with van der Waals surface area (Å²) in [6, 6.07) is 0. The Labute approximate surface area is 56.1 Å². The van der Waals surface area contributed by atoms with Crippen molar-refractivity contribution in [1.82, 2.24) is 0 Å². The summed E-state index contributed by atoms with van der Waals surface area (Å²) in [6.07, 6.45) is 0. The molecule has 4 heavy (non-hydrogen) atoms. The van der Waals surface area contributed by atoms with Crippen molar-refractivity contribution in [1.29, 1.82) is 0 Å². The van der Waals surface area contributed by atoms with Crippen LogP contribution in [0.1, 0.15) is 0 Å². The van der Waals surface area contributed by atoms with E-state index in [0.29, 0.717) is 0 Å². The minimum absolute atomic E-state index is 0. The van der Waals surface area contributed by atoms with Crippen molar-refractivity contribution in [2.24, 2.45) is 0 Å². The third-order valence-electron chi connectivity index (χ3n) is 0. The second-order valence-electron chi connectivity index (χ2n) is 0.0505. The molecule has 0 aliphatic rings. The molecule has 0 radical (unpaired) electrons. The van der Waals surface area contributed by atoms with E-state index in [4.69, 9.17) is 0 Å². The van der Waals surface area contributed by atoms with E-state index >= 15 is 0 Å². The molecular formula is Br2Fe2. The maximum absolute atomic E-state index is 3.06. The van der Waals surface area contributed by atoms with Gasteiger partial charge in [0.1, 0.15) is 0 Å². The Hall–Kier alpha value is 2.00. The van der Waals surface area contributed by atoms with Gasteiger partial charge in [-0.2, -0.15) is 0 Å². The van der Waals surface area contributed by atoms with Gasteiger partial charge in [-0.15, -0.1) is 0 Å². The third kappa shape index (κ3) is 9.00. The first-order valence-corrected chi connectivity index (χ1v) is 5.73. The fourth-order valence-electron chi connectivity index (χ4n) is 0. The second-order valence-corrected chi connectivity index (χ2v) is 5.62. The predicted molar refractivity (Wildman–Crippen MR) is 17.9 cm³/mol. The molecule has 30 valence electrons. The number of hydrogen-bond acceptors (Lipinski definition) is 0.